The second kappa shape index (κ2) is 6.31. The molecule has 18 heavy (non-hydrogen) atoms. The zero-order valence-electron chi connectivity index (χ0n) is 9.76. The number of hydrogen-bond acceptors (Lipinski definition) is 3. The monoisotopic (exact) mass is 335 g/mol. The molecule has 0 heterocycles. The average molecular weight is 336 g/mol. The van der Waals surface area contributed by atoms with E-state index in [1.807, 2.05) is 24.3 Å². The Bertz CT molecular complexity index is 512. The Morgan fingerprint density at radius 1 is 1.39 bits per heavy atom. The van der Waals surface area contributed by atoms with Crippen LogP contribution in [0.25, 0.3) is 0 Å². The van der Waals surface area contributed by atoms with Gasteiger partial charge in [0.2, 0.25) is 10.0 Å². The first-order valence-electron chi connectivity index (χ1n) is 5.20. The number of hydrogen-bond donors (Lipinski definition) is 2. The lowest BCUT2D eigenvalue weighted by atomic mass is 10.0. The number of halogens is 1. The van der Waals surface area contributed by atoms with Crippen molar-refractivity contribution in [2.45, 2.75) is 18.9 Å². The van der Waals surface area contributed by atoms with Gasteiger partial charge in [0.05, 0.1) is 12.7 Å². The molecule has 0 aliphatic carbocycles. The Kier molecular flexibility index (Phi) is 5.30. The van der Waals surface area contributed by atoms with Gasteiger partial charge < -0.3 is 5.11 Å². The summed E-state index contributed by atoms with van der Waals surface area (Å²) in [5.74, 6) is -1.03. The van der Waals surface area contributed by atoms with Crippen molar-refractivity contribution in [2.24, 2.45) is 0 Å². The lowest BCUT2D eigenvalue weighted by molar-refractivity contribution is -0.137. The molecule has 0 saturated carbocycles. The van der Waals surface area contributed by atoms with Crippen LogP contribution in [0.4, 0.5) is 0 Å². The summed E-state index contributed by atoms with van der Waals surface area (Å²) in [4.78, 5) is 10.7. The van der Waals surface area contributed by atoms with Crippen LogP contribution in [-0.2, 0) is 21.2 Å². The normalized spacial score (nSPS) is 13.2. The van der Waals surface area contributed by atoms with E-state index in [-0.39, 0.29) is 6.42 Å². The molecule has 0 amide bonds. The number of carbonyl (C=O) groups is 1. The van der Waals surface area contributed by atoms with Gasteiger partial charge in [-0.05, 0) is 24.1 Å². The molecule has 0 radical (unpaired) electrons. The van der Waals surface area contributed by atoms with Gasteiger partial charge in [-0.1, -0.05) is 28.1 Å². The Labute approximate surface area is 114 Å². The third kappa shape index (κ3) is 6.13. The summed E-state index contributed by atoms with van der Waals surface area (Å²) in [6.07, 6.45) is 1.11. The van der Waals surface area contributed by atoms with E-state index in [9.17, 15) is 13.2 Å². The Morgan fingerprint density at radius 3 is 2.39 bits per heavy atom. The fraction of sp³-hybridized carbons (Fsp3) is 0.364. The van der Waals surface area contributed by atoms with Crippen LogP contribution >= 0.6 is 15.9 Å². The number of nitrogens with one attached hydrogen (secondary N) is 1. The third-order valence-corrected chi connectivity index (χ3v) is 3.49. The van der Waals surface area contributed by atoms with E-state index in [0.29, 0.717) is 6.42 Å². The van der Waals surface area contributed by atoms with Gasteiger partial charge in [-0.15, -0.1) is 0 Å². The zero-order valence-corrected chi connectivity index (χ0v) is 12.2. The molecule has 0 aromatic heterocycles. The Morgan fingerprint density at radius 2 is 1.94 bits per heavy atom. The van der Waals surface area contributed by atoms with Gasteiger partial charge in [0.1, 0.15) is 0 Å². The second-order valence-corrected chi connectivity index (χ2v) is 6.71. The van der Waals surface area contributed by atoms with E-state index in [4.69, 9.17) is 5.11 Å². The second-order valence-electron chi connectivity index (χ2n) is 4.02. The Balaban J connectivity index is 2.77. The summed E-state index contributed by atoms with van der Waals surface area (Å²) >= 11 is 3.30. The maximum atomic E-state index is 11.2. The molecule has 100 valence electrons. The van der Waals surface area contributed by atoms with Gasteiger partial charge in [-0.2, -0.15) is 0 Å². The lowest BCUT2D eigenvalue weighted by Crippen LogP contribution is -2.37. The van der Waals surface area contributed by atoms with Crippen molar-refractivity contribution in [3.8, 4) is 0 Å². The number of aliphatic carboxylic acids is 1. The predicted octanol–water partition coefficient (Wildman–Crippen LogP) is 1.38. The summed E-state index contributed by atoms with van der Waals surface area (Å²) in [6.45, 7) is 0. The van der Waals surface area contributed by atoms with Crippen LogP contribution in [0.1, 0.15) is 12.0 Å². The molecule has 0 bridgehead atoms. The molecular formula is C11H14BrNO4S. The smallest absolute Gasteiger partial charge is 0.304 e. The molecule has 0 saturated heterocycles. The minimum atomic E-state index is -3.42. The largest absolute Gasteiger partial charge is 0.481 e. The van der Waals surface area contributed by atoms with E-state index in [2.05, 4.69) is 20.7 Å². The summed E-state index contributed by atoms with van der Waals surface area (Å²) in [5.41, 5.74) is 0.876. The molecule has 5 nitrogen and oxygen atoms in total. The lowest BCUT2D eigenvalue weighted by Gasteiger charge is -2.15. The van der Waals surface area contributed by atoms with Gasteiger partial charge in [-0.25, -0.2) is 13.1 Å². The molecular weight excluding hydrogens is 322 g/mol. The number of carboxylic acids is 1. The maximum absolute atomic E-state index is 11.2. The van der Waals surface area contributed by atoms with Crippen molar-refractivity contribution in [1.29, 1.82) is 0 Å². The van der Waals surface area contributed by atoms with Gasteiger partial charge in [0.25, 0.3) is 0 Å². The molecule has 0 fully saturated rings. The molecule has 1 rings (SSSR count). The molecule has 2 N–H and O–H groups in total. The van der Waals surface area contributed by atoms with Crippen molar-refractivity contribution in [1.82, 2.24) is 4.72 Å². The first-order valence-corrected chi connectivity index (χ1v) is 7.88. The van der Waals surface area contributed by atoms with E-state index >= 15 is 0 Å². The van der Waals surface area contributed by atoms with Crippen molar-refractivity contribution in [3.63, 3.8) is 0 Å². The molecule has 0 spiro atoms. The van der Waals surface area contributed by atoms with Crippen LogP contribution in [0.3, 0.4) is 0 Å². The van der Waals surface area contributed by atoms with E-state index in [0.717, 1.165) is 16.3 Å². The van der Waals surface area contributed by atoms with Crippen LogP contribution in [0.2, 0.25) is 0 Å². The van der Waals surface area contributed by atoms with Crippen molar-refractivity contribution >= 4 is 31.9 Å². The number of sulfonamides is 1. The Hall–Kier alpha value is -0.920. The van der Waals surface area contributed by atoms with E-state index in [1.54, 1.807) is 0 Å². The fourth-order valence-corrected chi connectivity index (χ4v) is 2.61. The van der Waals surface area contributed by atoms with Crippen LogP contribution in [0.15, 0.2) is 28.7 Å². The highest BCUT2D eigenvalue weighted by atomic mass is 79.9. The number of carboxylic acid groups (broad SMARTS) is 1. The van der Waals surface area contributed by atoms with Crippen molar-refractivity contribution in [2.75, 3.05) is 6.26 Å². The third-order valence-electron chi connectivity index (χ3n) is 2.20. The zero-order chi connectivity index (χ0) is 13.8. The number of rotatable bonds is 6. The first kappa shape index (κ1) is 15.1. The highest BCUT2D eigenvalue weighted by Crippen LogP contribution is 2.13. The van der Waals surface area contributed by atoms with Crippen LogP contribution < -0.4 is 4.72 Å². The van der Waals surface area contributed by atoms with Gasteiger partial charge in [-0.3, -0.25) is 4.79 Å². The molecule has 0 aliphatic heterocycles. The van der Waals surface area contributed by atoms with Crippen molar-refractivity contribution < 1.29 is 18.3 Å². The topological polar surface area (TPSA) is 83.5 Å². The van der Waals surface area contributed by atoms with Gasteiger partial charge in [0.15, 0.2) is 0 Å². The van der Waals surface area contributed by atoms with Crippen LogP contribution in [0.5, 0.6) is 0 Å². The SMILES string of the molecule is CS(=O)(=O)N[C@H](CC(=O)O)Cc1ccc(Br)cc1. The van der Waals surface area contributed by atoms with E-state index < -0.39 is 22.0 Å². The fourth-order valence-electron chi connectivity index (χ4n) is 1.57. The van der Waals surface area contributed by atoms with Crippen molar-refractivity contribution in [3.05, 3.63) is 34.3 Å². The molecule has 1 aromatic carbocycles. The minimum Gasteiger partial charge on any atom is -0.481 e. The molecule has 7 heteroatoms. The standard InChI is InChI=1S/C11H14BrNO4S/c1-18(16,17)13-10(7-11(14)15)6-8-2-4-9(12)5-3-8/h2-5,10,13H,6-7H2,1H3,(H,14,15)/t10-/m0/s1. The average Bonchev–Trinajstić information content (AvgIpc) is 2.18. The molecule has 0 aliphatic rings. The van der Waals surface area contributed by atoms with Crippen LogP contribution in [-0.4, -0.2) is 31.8 Å². The van der Waals surface area contributed by atoms with Crippen LogP contribution in [0, 0.1) is 0 Å². The molecule has 1 atom stereocenters. The summed E-state index contributed by atoms with van der Waals surface area (Å²) in [6, 6.07) is 6.66. The summed E-state index contributed by atoms with van der Waals surface area (Å²) < 4.78 is 25.6. The number of benzene rings is 1. The predicted molar refractivity (Wildman–Crippen MR) is 71.9 cm³/mol. The minimum absolute atomic E-state index is 0.247. The van der Waals surface area contributed by atoms with Gasteiger partial charge in [0, 0.05) is 10.5 Å². The van der Waals surface area contributed by atoms with Gasteiger partial charge >= 0.3 is 5.97 Å². The molecule has 0 unspecified atom stereocenters. The summed E-state index contributed by atoms with van der Waals surface area (Å²) in [5, 5.41) is 8.76. The molecule has 1 aromatic rings. The maximum Gasteiger partial charge on any atom is 0.304 e. The van der Waals surface area contributed by atoms with E-state index in [1.165, 1.54) is 0 Å². The highest BCUT2D eigenvalue weighted by molar-refractivity contribution is 9.10. The highest BCUT2D eigenvalue weighted by Gasteiger charge is 2.17. The quantitative estimate of drug-likeness (QED) is 0.822. The first-order chi connectivity index (χ1) is 8.26. The summed E-state index contributed by atoms with van der Waals surface area (Å²) in [7, 11) is -3.42.